The van der Waals surface area contributed by atoms with E-state index in [9.17, 15) is 13.3 Å². The Labute approximate surface area is 216 Å². The van der Waals surface area contributed by atoms with Crippen LogP contribution < -0.4 is 9.68 Å². The standard InChI is InChI=1S/C31H32F3NO2/c1-21-18-24(33)8-12-28(21)30-5-2-4-23-19-26(37-34)11-13-29(23)31(30)22-6-9-25(10-7-22)36-27-14-17-35(20-27)16-3-15-32/h6-13,18-19,27H,2-5,14-17,20H2,1H3/t27-/m0/s1. The highest BCUT2D eigenvalue weighted by Gasteiger charge is 2.25. The van der Waals surface area contributed by atoms with Gasteiger partial charge < -0.3 is 4.74 Å². The predicted molar refractivity (Wildman–Crippen MR) is 141 cm³/mol. The molecule has 37 heavy (non-hydrogen) atoms. The van der Waals surface area contributed by atoms with Crippen LogP contribution in [0.1, 0.15) is 53.5 Å². The molecule has 0 amide bonds. The summed E-state index contributed by atoms with van der Waals surface area (Å²) < 4.78 is 45.7. The molecular weight excluding hydrogens is 475 g/mol. The molecule has 6 heteroatoms. The molecule has 5 rings (SSSR count). The van der Waals surface area contributed by atoms with E-state index in [1.54, 1.807) is 18.2 Å². The molecule has 1 fully saturated rings. The van der Waals surface area contributed by atoms with Gasteiger partial charge in [-0.05, 0) is 114 Å². The first-order valence-electron chi connectivity index (χ1n) is 13.0. The third kappa shape index (κ3) is 5.69. The Bertz CT molecular complexity index is 1270. The van der Waals surface area contributed by atoms with E-state index in [2.05, 4.69) is 22.0 Å². The Kier molecular flexibility index (Phi) is 7.85. The van der Waals surface area contributed by atoms with Crippen LogP contribution in [0.25, 0.3) is 11.1 Å². The minimum atomic E-state index is -0.288. The maximum Gasteiger partial charge on any atom is 0.172 e. The first-order valence-corrected chi connectivity index (χ1v) is 13.0. The van der Waals surface area contributed by atoms with Gasteiger partial charge in [0.25, 0.3) is 0 Å². The summed E-state index contributed by atoms with van der Waals surface area (Å²) in [6.45, 7) is 4.16. The molecule has 1 heterocycles. The Morgan fingerprint density at radius 2 is 1.73 bits per heavy atom. The number of allylic oxidation sites excluding steroid dienone is 1. The first kappa shape index (κ1) is 25.4. The zero-order chi connectivity index (χ0) is 25.8. The lowest BCUT2D eigenvalue weighted by molar-refractivity contribution is -0.00629. The van der Waals surface area contributed by atoms with Crippen molar-refractivity contribution in [3.63, 3.8) is 0 Å². The average Bonchev–Trinajstić information content (AvgIpc) is 3.26. The zero-order valence-corrected chi connectivity index (χ0v) is 21.1. The quantitative estimate of drug-likeness (QED) is 0.315. The number of benzene rings is 3. The van der Waals surface area contributed by atoms with Gasteiger partial charge in [-0.25, -0.2) is 4.39 Å². The number of hydrogen-bond acceptors (Lipinski definition) is 3. The van der Waals surface area contributed by atoms with Crippen LogP contribution in [0, 0.1) is 12.7 Å². The summed E-state index contributed by atoms with van der Waals surface area (Å²) in [7, 11) is 0. The molecule has 194 valence electrons. The van der Waals surface area contributed by atoms with Gasteiger partial charge >= 0.3 is 0 Å². The highest BCUT2D eigenvalue weighted by molar-refractivity contribution is 6.00. The summed E-state index contributed by atoms with van der Waals surface area (Å²) in [4.78, 5) is 6.27. The average molecular weight is 508 g/mol. The van der Waals surface area contributed by atoms with Crippen LogP contribution in [0.2, 0.25) is 0 Å². The van der Waals surface area contributed by atoms with Crippen LogP contribution in [-0.4, -0.2) is 37.3 Å². The highest BCUT2D eigenvalue weighted by atomic mass is 19.3. The van der Waals surface area contributed by atoms with Crippen molar-refractivity contribution in [2.75, 3.05) is 26.3 Å². The Morgan fingerprint density at radius 3 is 2.49 bits per heavy atom. The van der Waals surface area contributed by atoms with E-state index >= 15 is 0 Å². The molecule has 3 aromatic carbocycles. The third-order valence-electron chi connectivity index (χ3n) is 7.41. The number of ether oxygens (including phenoxy) is 1. The molecule has 0 aromatic heterocycles. The maximum atomic E-state index is 13.9. The number of nitrogens with zero attached hydrogens (tertiary/aromatic N) is 1. The van der Waals surface area contributed by atoms with Gasteiger partial charge in [0.15, 0.2) is 5.75 Å². The minimum Gasteiger partial charge on any atom is -0.489 e. The summed E-state index contributed by atoms with van der Waals surface area (Å²) in [5, 5.41) is 0. The van der Waals surface area contributed by atoms with Crippen LogP contribution in [0.3, 0.4) is 0 Å². The van der Waals surface area contributed by atoms with Crippen LogP contribution in [-0.2, 0) is 6.42 Å². The summed E-state index contributed by atoms with van der Waals surface area (Å²) in [6, 6.07) is 18.4. The topological polar surface area (TPSA) is 21.7 Å². The number of aryl methyl sites for hydroxylation is 2. The monoisotopic (exact) mass is 507 g/mol. The molecule has 3 aromatic rings. The molecule has 0 saturated carbocycles. The molecular formula is C31H32F3NO2. The lowest BCUT2D eigenvalue weighted by atomic mass is 9.86. The lowest BCUT2D eigenvalue weighted by Gasteiger charge is -2.19. The molecule has 0 radical (unpaired) electrons. The molecule has 1 saturated heterocycles. The Balaban J connectivity index is 1.49. The molecule has 0 unspecified atom stereocenters. The second-order valence-corrected chi connectivity index (χ2v) is 9.96. The summed E-state index contributed by atoms with van der Waals surface area (Å²) in [5.74, 6) is 0.746. The second-order valence-electron chi connectivity index (χ2n) is 9.96. The van der Waals surface area contributed by atoms with E-state index < -0.39 is 0 Å². The Morgan fingerprint density at radius 1 is 0.946 bits per heavy atom. The SMILES string of the molecule is Cc1cc(F)ccc1C1=C(c2ccc(O[C@H]3CCN(CCCF)C3)cc2)c2ccc(OF)cc2CCC1. The van der Waals surface area contributed by atoms with Crippen LogP contribution in [0.4, 0.5) is 13.3 Å². The Hall–Kier alpha value is -3.25. The van der Waals surface area contributed by atoms with Crippen molar-refractivity contribution in [1.82, 2.24) is 4.90 Å². The molecule has 1 atom stereocenters. The van der Waals surface area contributed by atoms with Crippen molar-refractivity contribution in [2.45, 2.75) is 45.1 Å². The van der Waals surface area contributed by atoms with Crippen molar-refractivity contribution in [2.24, 2.45) is 0 Å². The van der Waals surface area contributed by atoms with Crippen molar-refractivity contribution in [3.8, 4) is 11.5 Å². The molecule has 3 nitrogen and oxygen atoms in total. The normalized spacial score (nSPS) is 18.0. The van der Waals surface area contributed by atoms with E-state index in [0.29, 0.717) is 6.42 Å². The number of fused-ring (bicyclic) bond motifs is 1. The van der Waals surface area contributed by atoms with Crippen molar-refractivity contribution < 1.29 is 23.0 Å². The van der Waals surface area contributed by atoms with Gasteiger partial charge in [-0.1, -0.05) is 24.3 Å². The van der Waals surface area contributed by atoms with Gasteiger partial charge in [0, 0.05) is 24.2 Å². The predicted octanol–water partition coefficient (Wildman–Crippen LogP) is 7.51. The van der Waals surface area contributed by atoms with E-state index in [4.69, 9.17) is 4.74 Å². The molecule has 2 aliphatic rings. The fraction of sp³-hybridized carbons (Fsp3) is 0.355. The minimum absolute atomic E-state index is 0.0971. The smallest absolute Gasteiger partial charge is 0.172 e. The molecule has 0 N–H and O–H groups in total. The fourth-order valence-electron chi connectivity index (χ4n) is 5.65. The maximum absolute atomic E-state index is 13.9. The van der Waals surface area contributed by atoms with Gasteiger partial charge in [-0.15, -0.1) is 0 Å². The van der Waals surface area contributed by atoms with Crippen molar-refractivity contribution in [3.05, 3.63) is 94.3 Å². The summed E-state index contributed by atoms with van der Waals surface area (Å²) in [6.07, 6.45) is 4.09. The van der Waals surface area contributed by atoms with Gasteiger partial charge in [0.05, 0.1) is 6.67 Å². The van der Waals surface area contributed by atoms with Crippen molar-refractivity contribution in [1.29, 1.82) is 0 Å². The van der Waals surface area contributed by atoms with Gasteiger partial charge in [-0.3, -0.25) is 14.2 Å². The number of alkyl halides is 1. The van der Waals surface area contributed by atoms with Gasteiger partial charge in [-0.2, -0.15) is 0 Å². The van der Waals surface area contributed by atoms with E-state index in [1.165, 1.54) is 6.07 Å². The van der Waals surface area contributed by atoms with Crippen LogP contribution in [0.15, 0.2) is 60.7 Å². The van der Waals surface area contributed by atoms with E-state index in [0.717, 1.165) is 90.0 Å². The van der Waals surface area contributed by atoms with Gasteiger partial charge in [0.1, 0.15) is 17.7 Å². The van der Waals surface area contributed by atoms with Crippen molar-refractivity contribution >= 4 is 11.1 Å². The highest BCUT2D eigenvalue weighted by Crippen LogP contribution is 2.42. The zero-order valence-electron chi connectivity index (χ0n) is 21.1. The van der Waals surface area contributed by atoms with Crippen LogP contribution >= 0.6 is 0 Å². The largest absolute Gasteiger partial charge is 0.489 e. The van der Waals surface area contributed by atoms with Gasteiger partial charge in [0.2, 0.25) is 0 Å². The van der Waals surface area contributed by atoms with E-state index in [-0.39, 0.29) is 24.3 Å². The second kappa shape index (κ2) is 11.4. The first-order chi connectivity index (χ1) is 18.1. The third-order valence-corrected chi connectivity index (χ3v) is 7.41. The molecule has 0 bridgehead atoms. The number of likely N-dealkylation sites (tertiary alicyclic amines) is 1. The molecule has 1 aliphatic carbocycles. The number of rotatable bonds is 8. The molecule has 1 aliphatic heterocycles. The molecule has 0 spiro atoms. The fourth-order valence-corrected chi connectivity index (χ4v) is 5.65. The van der Waals surface area contributed by atoms with E-state index in [1.807, 2.05) is 31.2 Å². The number of hydrogen-bond donors (Lipinski definition) is 0. The summed E-state index contributed by atoms with van der Waals surface area (Å²) in [5.41, 5.74) is 7.21. The summed E-state index contributed by atoms with van der Waals surface area (Å²) >= 11 is 0. The lowest BCUT2D eigenvalue weighted by Crippen LogP contribution is -2.26. The number of halogens is 3. The van der Waals surface area contributed by atoms with Crippen LogP contribution in [0.5, 0.6) is 11.5 Å².